The molecule has 0 spiro atoms. The highest BCUT2D eigenvalue weighted by atomic mass is 32.2. The maximum atomic E-state index is 12.2. The number of carbonyl (C=O) groups is 1. The number of sulfonamides is 1. The van der Waals surface area contributed by atoms with E-state index in [-0.39, 0.29) is 25.8 Å². The molecule has 1 aliphatic rings. The van der Waals surface area contributed by atoms with E-state index in [9.17, 15) is 13.2 Å². The van der Waals surface area contributed by atoms with Crippen LogP contribution >= 0.6 is 0 Å². The monoisotopic (exact) mass is 376 g/mol. The Kier molecular flexibility index (Phi) is 5.03. The first kappa shape index (κ1) is 18.1. The van der Waals surface area contributed by atoms with E-state index < -0.39 is 10.0 Å². The third-order valence-electron chi connectivity index (χ3n) is 3.96. The molecule has 0 saturated heterocycles. The molecular weight excluding hydrogens is 356 g/mol. The van der Waals surface area contributed by atoms with Gasteiger partial charge in [0, 0.05) is 18.2 Å². The van der Waals surface area contributed by atoms with Crippen molar-refractivity contribution in [2.75, 3.05) is 30.4 Å². The first-order valence-corrected chi connectivity index (χ1v) is 9.91. The number of nitrogens with one attached hydrogen (secondary N) is 1. The molecule has 0 bridgehead atoms. The molecule has 1 aliphatic heterocycles. The van der Waals surface area contributed by atoms with Crippen LogP contribution in [0.4, 0.5) is 5.69 Å². The number of hydrogen-bond acceptors (Lipinski definition) is 5. The molecule has 0 aliphatic carbocycles. The Morgan fingerprint density at radius 1 is 1.12 bits per heavy atom. The van der Waals surface area contributed by atoms with Crippen molar-refractivity contribution in [2.24, 2.45) is 0 Å². The average molecular weight is 376 g/mol. The molecule has 138 valence electrons. The SMILES string of the molecule is Cc1ccc(C(=O)NCCN(c2ccc3c(c2)OCO3)S(C)(=O)=O)cc1. The molecule has 8 heteroatoms. The molecule has 3 rings (SSSR count). The van der Waals surface area contributed by atoms with Crippen LogP contribution in [0.25, 0.3) is 0 Å². The van der Waals surface area contributed by atoms with Gasteiger partial charge in [-0.25, -0.2) is 8.42 Å². The van der Waals surface area contributed by atoms with E-state index >= 15 is 0 Å². The Hall–Kier alpha value is -2.74. The Balaban J connectivity index is 1.68. The smallest absolute Gasteiger partial charge is 0.251 e. The lowest BCUT2D eigenvalue weighted by Gasteiger charge is -2.22. The first-order chi connectivity index (χ1) is 12.3. The highest BCUT2D eigenvalue weighted by Crippen LogP contribution is 2.35. The molecule has 0 radical (unpaired) electrons. The Bertz CT molecular complexity index is 910. The number of anilines is 1. The van der Waals surface area contributed by atoms with Crippen LogP contribution in [0.1, 0.15) is 15.9 Å². The van der Waals surface area contributed by atoms with Gasteiger partial charge in [-0.2, -0.15) is 0 Å². The van der Waals surface area contributed by atoms with Crippen LogP contribution in [0, 0.1) is 6.92 Å². The predicted octanol–water partition coefficient (Wildman–Crippen LogP) is 1.92. The lowest BCUT2D eigenvalue weighted by molar-refractivity contribution is 0.0955. The second kappa shape index (κ2) is 7.25. The number of fused-ring (bicyclic) bond motifs is 1. The second-order valence-electron chi connectivity index (χ2n) is 5.99. The molecule has 1 heterocycles. The van der Waals surface area contributed by atoms with E-state index in [1.165, 1.54) is 4.31 Å². The number of amides is 1. The summed E-state index contributed by atoms with van der Waals surface area (Å²) in [6.07, 6.45) is 1.12. The summed E-state index contributed by atoms with van der Waals surface area (Å²) in [7, 11) is -3.52. The quantitative estimate of drug-likeness (QED) is 0.833. The van der Waals surface area contributed by atoms with E-state index in [2.05, 4.69) is 5.32 Å². The number of aryl methyl sites for hydroxylation is 1. The lowest BCUT2D eigenvalue weighted by Crippen LogP contribution is -2.38. The van der Waals surface area contributed by atoms with Gasteiger partial charge in [-0.05, 0) is 31.2 Å². The maximum Gasteiger partial charge on any atom is 0.251 e. The van der Waals surface area contributed by atoms with Crippen molar-refractivity contribution in [2.45, 2.75) is 6.92 Å². The van der Waals surface area contributed by atoms with Crippen molar-refractivity contribution < 1.29 is 22.7 Å². The van der Waals surface area contributed by atoms with Crippen molar-refractivity contribution in [3.8, 4) is 11.5 Å². The van der Waals surface area contributed by atoms with E-state index in [1.807, 2.05) is 19.1 Å². The molecule has 0 atom stereocenters. The number of carbonyl (C=O) groups excluding carboxylic acids is 1. The Morgan fingerprint density at radius 2 is 1.81 bits per heavy atom. The van der Waals surface area contributed by atoms with E-state index in [4.69, 9.17) is 9.47 Å². The van der Waals surface area contributed by atoms with Crippen LogP contribution in [-0.2, 0) is 10.0 Å². The van der Waals surface area contributed by atoms with Crippen molar-refractivity contribution in [3.63, 3.8) is 0 Å². The summed E-state index contributed by atoms with van der Waals surface area (Å²) < 4.78 is 36.1. The fourth-order valence-corrected chi connectivity index (χ4v) is 3.52. The lowest BCUT2D eigenvalue weighted by atomic mass is 10.1. The number of hydrogen-bond donors (Lipinski definition) is 1. The number of rotatable bonds is 6. The summed E-state index contributed by atoms with van der Waals surface area (Å²) in [6, 6.07) is 12.1. The van der Waals surface area contributed by atoms with Gasteiger partial charge in [0.1, 0.15) is 0 Å². The second-order valence-corrected chi connectivity index (χ2v) is 7.90. The van der Waals surface area contributed by atoms with Crippen LogP contribution in [0.5, 0.6) is 11.5 Å². The minimum atomic E-state index is -3.52. The summed E-state index contributed by atoms with van der Waals surface area (Å²) >= 11 is 0. The highest BCUT2D eigenvalue weighted by Gasteiger charge is 2.21. The molecule has 0 fully saturated rings. The molecule has 7 nitrogen and oxygen atoms in total. The van der Waals surface area contributed by atoms with E-state index in [0.717, 1.165) is 11.8 Å². The number of ether oxygens (including phenoxy) is 2. The molecular formula is C18H20N2O5S. The van der Waals surface area contributed by atoms with Gasteiger partial charge < -0.3 is 14.8 Å². The largest absolute Gasteiger partial charge is 0.454 e. The summed E-state index contributed by atoms with van der Waals surface area (Å²) in [5.41, 5.74) is 2.05. The van der Waals surface area contributed by atoms with Gasteiger partial charge >= 0.3 is 0 Å². The molecule has 1 N–H and O–H groups in total. The molecule has 0 saturated carbocycles. The van der Waals surface area contributed by atoms with Crippen molar-refractivity contribution in [1.29, 1.82) is 0 Å². The molecule has 0 aromatic heterocycles. The fraction of sp³-hybridized carbons (Fsp3) is 0.278. The van der Waals surface area contributed by atoms with Crippen LogP contribution in [-0.4, -0.2) is 40.5 Å². The molecule has 26 heavy (non-hydrogen) atoms. The maximum absolute atomic E-state index is 12.2. The van der Waals surface area contributed by atoms with E-state index in [1.54, 1.807) is 30.3 Å². The summed E-state index contributed by atoms with van der Waals surface area (Å²) in [5, 5.41) is 2.74. The van der Waals surface area contributed by atoms with Gasteiger partial charge in [-0.15, -0.1) is 0 Å². The topological polar surface area (TPSA) is 84.9 Å². The van der Waals surface area contributed by atoms with Crippen molar-refractivity contribution in [1.82, 2.24) is 5.32 Å². The van der Waals surface area contributed by atoms with E-state index in [0.29, 0.717) is 22.7 Å². The fourth-order valence-electron chi connectivity index (χ4n) is 2.60. The first-order valence-electron chi connectivity index (χ1n) is 8.07. The van der Waals surface area contributed by atoms with Gasteiger partial charge in [0.15, 0.2) is 11.5 Å². The standard InChI is InChI=1S/C18H20N2O5S/c1-13-3-5-14(6-4-13)18(21)19-9-10-20(26(2,22)23)15-7-8-16-17(11-15)25-12-24-16/h3-8,11H,9-10,12H2,1-2H3,(H,19,21). The molecule has 2 aromatic carbocycles. The zero-order valence-electron chi connectivity index (χ0n) is 14.6. The highest BCUT2D eigenvalue weighted by molar-refractivity contribution is 7.92. The molecule has 0 unspecified atom stereocenters. The van der Waals surface area contributed by atoms with Gasteiger partial charge in [-0.1, -0.05) is 17.7 Å². The van der Waals surface area contributed by atoms with Gasteiger partial charge in [-0.3, -0.25) is 9.10 Å². The van der Waals surface area contributed by atoms with Gasteiger partial charge in [0.2, 0.25) is 16.8 Å². The Labute approximate surface area is 152 Å². The van der Waals surface area contributed by atoms with Gasteiger partial charge in [0.05, 0.1) is 18.5 Å². The molecule has 2 aromatic rings. The number of nitrogens with zero attached hydrogens (tertiary/aromatic N) is 1. The average Bonchev–Trinajstić information content (AvgIpc) is 3.05. The number of benzene rings is 2. The summed E-state index contributed by atoms with van der Waals surface area (Å²) in [6.45, 7) is 2.34. The van der Waals surface area contributed by atoms with Crippen LogP contribution in [0.3, 0.4) is 0 Å². The molecule has 1 amide bonds. The van der Waals surface area contributed by atoms with Crippen LogP contribution < -0.4 is 19.1 Å². The van der Waals surface area contributed by atoms with Crippen molar-refractivity contribution in [3.05, 3.63) is 53.6 Å². The van der Waals surface area contributed by atoms with Crippen molar-refractivity contribution >= 4 is 21.6 Å². The summed E-state index contributed by atoms with van der Waals surface area (Å²) in [4.78, 5) is 12.2. The third kappa shape index (κ3) is 4.08. The van der Waals surface area contributed by atoms with Crippen LogP contribution in [0.2, 0.25) is 0 Å². The minimum absolute atomic E-state index is 0.107. The predicted molar refractivity (Wildman–Crippen MR) is 98.3 cm³/mol. The third-order valence-corrected chi connectivity index (χ3v) is 5.15. The van der Waals surface area contributed by atoms with Crippen LogP contribution in [0.15, 0.2) is 42.5 Å². The van der Waals surface area contributed by atoms with Gasteiger partial charge in [0.25, 0.3) is 5.91 Å². The summed E-state index contributed by atoms with van der Waals surface area (Å²) in [5.74, 6) is 0.832. The zero-order valence-corrected chi connectivity index (χ0v) is 15.4. The minimum Gasteiger partial charge on any atom is -0.454 e. The normalized spacial score (nSPS) is 12.7. The zero-order chi connectivity index (χ0) is 18.7. The Morgan fingerprint density at radius 3 is 2.50 bits per heavy atom.